The predicted molar refractivity (Wildman–Crippen MR) is 80.0 cm³/mol. The topological polar surface area (TPSA) is 102 Å². The Labute approximate surface area is 126 Å². The van der Waals surface area contributed by atoms with Crippen molar-refractivity contribution in [2.45, 2.75) is 44.3 Å². The van der Waals surface area contributed by atoms with Crippen molar-refractivity contribution in [3.63, 3.8) is 0 Å². The third-order valence-electron chi connectivity index (χ3n) is 2.51. The zero-order chi connectivity index (χ0) is 16.2. The smallest absolute Gasteiger partial charge is 0.348 e. The van der Waals surface area contributed by atoms with E-state index in [1.165, 1.54) is 6.92 Å². The van der Waals surface area contributed by atoms with Crippen molar-refractivity contribution in [3.8, 4) is 0 Å². The molecule has 0 aliphatic rings. The Bertz CT molecular complexity index is 609. The highest BCUT2D eigenvalue weighted by molar-refractivity contribution is 8.00. The van der Waals surface area contributed by atoms with Gasteiger partial charge in [-0.2, -0.15) is 0 Å². The molecule has 0 aromatic carbocycles. The van der Waals surface area contributed by atoms with Gasteiger partial charge in [0.1, 0.15) is 4.90 Å². The molecular weight excluding hydrogens is 296 g/mol. The minimum absolute atomic E-state index is 0.0253. The molecule has 0 aliphatic carbocycles. The van der Waals surface area contributed by atoms with E-state index >= 15 is 0 Å². The van der Waals surface area contributed by atoms with Crippen molar-refractivity contribution in [2.24, 2.45) is 0 Å². The first-order valence-corrected chi connectivity index (χ1v) is 7.42. The van der Waals surface area contributed by atoms with Crippen molar-refractivity contribution >= 4 is 23.4 Å². The van der Waals surface area contributed by atoms with Crippen LogP contribution in [0.25, 0.3) is 0 Å². The summed E-state index contributed by atoms with van der Waals surface area (Å²) in [6.07, 6.45) is 0.642. The molecule has 0 spiro atoms. The van der Waals surface area contributed by atoms with Crippen LogP contribution in [0.2, 0.25) is 0 Å². The number of pyridine rings is 1. The Morgan fingerprint density at radius 2 is 2.10 bits per heavy atom. The SMILES string of the molecule is CCCOC(=O)c1c(C)[nH]c(=O)c([N+](=O)[O-])c1SC(C)C. The van der Waals surface area contributed by atoms with Crippen LogP contribution >= 0.6 is 11.8 Å². The number of rotatable bonds is 6. The Hall–Kier alpha value is -1.83. The van der Waals surface area contributed by atoms with Gasteiger partial charge in [-0.05, 0) is 13.3 Å². The third-order valence-corrected chi connectivity index (χ3v) is 3.62. The molecule has 0 atom stereocenters. The maximum atomic E-state index is 12.1. The van der Waals surface area contributed by atoms with Crippen molar-refractivity contribution in [1.29, 1.82) is 0 Å². The van der Waals surface area contributed by atoms with E-state index in [0.29, 0.717) is 6.42 Å². The molecule has 1 aromatic heterocycles. The first kappa shape index (κ1) is 17.2. The number of carbonyl (C=O) groups excluding carboxylic acids is 1. The number of ether oxygens (including phenoxy) is 1. The minimum Gasteiger partial charge on any atom is -0.462 e. The number of esters is 1. The van der Waals surface area contributed by atoms with Gasteiger partial charge in [0, 0.05) is 10.9 Å². The van der Waals surface area contributed by atoms with Gasteiger partial charge in [0.15, 0.2) is 0 Å². The normalized spacial score (nSPS) is 10.7. The lowest BCUT2D eigenvalue weighted by Crippen LogP contribution is -2.20. The van der Waals surface area contributed by atoms with E-state index in [4.69, 9.17) is 4.74 Å². The van der Waals surface area contributed by atoms with Gasteiger partial charge >= 0.3 is 17.2 Å². The minimum atomic E-state index is -0.812. The first-order chi connectivity index (χ1) is 9.79. The number of nitrogens with zero attached hydrogens (tertiary/aromatic N) is 1. The number of carbonyl (C=O) groups is 1. The maximum Gasteiger partial charge on any atom is 0.348 e. The fraction of sp³-hybridized carbons (Fsp3) is 0.538. The summed E-state index contributed by atoms with van der Waals surface area (Å²) in [7, 11) is 0. The molecule has 0 unspecified atom stereocenters. The summed E-state index contributed by atoms with van der Waals surface area (Å²) < 4.78 is 5.06. The molecule has 8 heteroatoms. The Morgan fingerprint density at radius 3 is 2.57 bits per heavy atom. The molecule has 1 aromatic rings. The van der Waals surface area contributed by atoms with Crippen LogP contribution < -0.4 is 5.56 Å². The lowest BCUT2D eigenvalue weighted by molar-refractivity contribution is -0.389. The maximum absolute atomic E-state index is 12.1. The summed E-state index contributed by atoms with van der Waals surface area (Å²) in [5.74, 6) is -0.656. The van der Waals surface area contributed by atoms with E-state index in [9.17, 15) is 19.7 Å². The lowest BCUT2D eigenvalue weighted by atomic mass is 10.2. The van der Waals surface area contributed by atoms with Gasteiger partial charge in [-0.25, -0.2) is 4.79 Å². The van der Waals surface area contributed by atoms with Crippen LogP contribution in [-0.4, -0.2) is 27.7 Å². The lowest BCUT2D eigenvalue weighted by Gasteiger charge is -2.13. The summed E-state index contributed by atoms with van der Waals surface area (Å²) in [4.78, 5) is 36.7. The number of hydrogen-bond donors (Lipinski definition) is 1. The van der Waals surface area contributed by atoms with Crippen LogP contribution in [0.4, 0.5) is 5.69 Å². The number of thioether (sulfide) groups is 1. The molecule has 0 aliphatic heterocycles. The number of aromatic nitrogens is 1. The summed E-state index contributed by atoms with van der Waals surface area (Å²) in [5, 5.41) is 11.1. The second kappa shape index (κ2) is 7.26. The summed E-state index contributed by atoms with van der Waals surface area (Å²) in [6, 6.07) is 0. The van der Waals surface area contributed by atoms with Crippen molar-refractivity contribution < 1.29 is 14.5 Å². The standard InChI is InChI=1S/C13H18N2O5S/c1-5-6-20-13(17)9-8(4)14-12(16)10(15(18)19)11(9)21-7(2)3/h7H,5-6H2,1-4H3,(H,14,16). The molecule has 21 heavy (non-hydrogen) atoms. The quantitative estimate of drug-likeness (QED) is 0.375. The highest BCUT2D eigenvalue weighted by Crippen LogP contribution is 2.34. The van der Waals surface area contributed by atoms with Gasteiger partial charge < -0.3 is 9.72 Å². The van der Waals surface area contributed by atoms with Crippen LogP contribution in [0.1, 0.15) is 43.2 Å². The average Bonchev–Trinajstić information content (AvgIpc) is 2.34. The van der Waals surface area contributed by atoms with Crippen LogP contribution in [0.15, 0.2) is 9.69 Å². The number of nitro groups is 1. The number of H-pyrrole nitrogens is 1. The van der Waals surface area contributed by atoms with Crippen molar-refractivity contribution in [3.05, 3.63) is 31.7 Å². The molecule has 1 rings (SSSR count). The van der Waals surface area contributed by atoms with E-state index < -0.39 is 22.1 Å². The summed E-state index contributed by atoms with van der Waals surface area (Å²) in [5.41, 5.74) is -1.08. The van der Waals surface area contributed by atoms with E-state index in [1.807, 2.05) is 20.8 Å². The molecule has 1 N–H and O–H groups in total. The van der Waals surface area contributed by atoms with E-state index in [2.05, 4.69) is 4.98 Å². The van der Waals surface area contributed by atoms with Crippen molar-refractivity contribution in [1.82, 2.24) is 4.98 Å². The molecule has 1 heterocycles. The van der Waals surface area contributed by atoms with Gasteiger partial charge in [0.25, 0.3) is 0 Å². The zero-order valence-corrected chi connectivity index (χ0v) is 13.2. The van der Waals surface area contributed by atoms with Gasteiger partial charge in [-0.1, -0.05) is 20.8 Å². The molecule has 0 bridgehead atoms. The Morgan fingerprint density at radius 1 is 1.48 bits per heavy atom. The fourth-order valence-electron chi connectivity index (χ4n) is 1.71. The van der Waals surface area contributed by atoms with Gasteiger partial charge in [0.2, 0.25) is 0 Å². The van der Waals surface area contributed by atoms with Crippen LogP contribution in [-0.2, 0) is 4.74 Å². The number of hydrogen-bond acceptors (Lipinski definition) is 6. The molecule has 0 fully saturated rings. The fourth-order valence-corrected chi connectivity index (χ4v) is 2.82. The monoisotopic (exact) mass is 314 g/mol. The highest BCUT2D eigenvalue weighted by atomic mass is 32.2. The molecule has 0 amide bonds. The molecule has 0 radical (unpaired) electrons. The first-order valence-electron chi connectivity index (χ1n) is 6.54. The molecule has 0 saturated heterocycles. The van der Waals surface area contributed by atoms with Gasteiger partial charge in [0.05, 0.1) is 17.1 Å². The average molecular weight is 314 g/mol. The molecular formula is C13H18N2O5S. The number of aryl methyl sites for hydroxylation is 1. The van der Waals surface area contributed by atoms with Gasteiger partial charge in [-0.15, -0.1) is 11.8 Å². The van der Waals surface area contributed by atoms with E-state index in [0.717, 1.165) is 11.8 Å². The van der Waals surface area contributed by atoms with Crippen molar-refractivity contribution in [2.75, 3.05) is 6.61 Å². The van der Waals surface area contributed by atoms with E-state index in [-0.39, 0.29) is 28.0 Å². The van der Waals surface area contributed by atoms with Crippen LogP contribution in [0, 0.1) is 17.0 Å². The highest BCUT2D eigenvalue weighted by Gasteiger charge is 2.30. The largest absolute Gasteiger partial charge is 0.462 e. The van der Waals surface area contributed by atoms with Crippen LogP contribution in [0.3, 0.4) is 0 Å². The molecule has 7 nitrogen and oxygen atoms in total. The summed E-state index contributed by atoms with van der Waals surface area (Å²) >= 11 is 1.11. The van der Waals surface area contributed by atoms with Crippen LogP contribution in [0.5, 0.6) is 0 Å². The number of aromatic amines is 1. The second-order valence-corrected chi connectivity index (χ2v) is 6.28. The van der Waals surface area contributed by atoms with E-state index in [1.54, 1.807) is 0 Å². The summed E-state index contributed by atoms with van der Waals surface area (Å²) in [6.45, 7) is 7.24. The predicted octanol–water partition coefficient (Wildman–Crippen LogP) is 2.66. The zero-order valence-electron chi connectivity index (χ0n) is 12.4. The third kappa shape index (κ3) is 4.07. The Balaban J connectivity index is 3.52. The molecule has 0 saturated carbocycles. The Kier molecular flexibility index (Phi) is 5.95. The van der Waals surface area contributed by atoms with Gasteiger partial charge in [-0.3, -0.25) is 14.9 Å². The second-order valence-electron chi connectivity index (χ2n) is 4.69. The molecule has 116 valence electrons. The number of nitrogens with one attached hydrogen (secondary N) is 1.